The maximum absolute atomic E-state index is 11.1. The van der Waals surface area contributed by atoms with Crippen molar-refractivity contribution < 1.29 is 4.92 Å². The molecule has 0 aliphatic heterocycles. The molecule has 1 aliphatic carbocycles. The third kappa shape index (κ3) is 2.61. The Labute approximate surface area is 124 Å². The van der Waals surface area contributed by atoms with Gasteiger partial charge in [-0.3, -0.25) is 10.1 Å². The summed E-state index contributed by atoms with van der Waals surface area (Å²) < 4.78 is 0. The van der Waals surface area contributed by atoms with Crippen LogP contribution in [0.2, 0.25) is 0 Å². The number of rotatable bonds is 4. The first-order valence-corrected chi connectivity index (χ1v) is 7.30. The Morgan fingerprint density at radius 1 is 1.29 bits per heavy atom. The second kappa shape index (κ2) is 5.56. The summed E-state index contributed by atoms with van der Waals surface area (Å²) in [5.74, 6) is 0. The minimum absolute atomic E-state index is 0.203. The SMILES string of the molecule is CCc1ccc(NC2CCc3ccccc32)cc1[N+](=O)[O-]. The quantitative estimate of drug-likeness (QED) is 0.673. The first-order chi connectivity index (χ1) is 10.2. The van der Waals surface area contributed by atoms with E-state index in [-0.39, 0.29) is 16.7 Å². The van der Waals surface area contributed by atoms with E-state index < -0.39 is 0 Å². The molecule has 4 nitrogen and oxygen atoms in total. The van der Waals surface area contributed by atoms with E-state index in [1.54, 1.807) is 6.07 Å². The van der Waals surface area contributed by atoms with Gasteiger partial charge in [0.1, 0.15) is 0 Å². The van der Waals surface area contributed by atoms with E-state index >= 15 is 0 Å². The van der Waals surface area contributed by atoms with Crippen molar-refractivity contribution in [1.82, 2.24) is 0 Å². The zero-order chi connectivity index (χ0) is 14.8. The minimum Gasteiger partial charge on any atom is -0.378 e. The summed E-state index contributed by atoms with van der Waals surface area (Å²) in [5.41, 5.74) is 4.47. The molecule has 0 fully saturated rings. The Kier molecular flexibility index (Phi) is 3.60. The third-order valence-electron chi connectivity index (χ3n) is 4.14. The predicted octanol–water partition coefficient (Wildman–Crippen LogP) is 4.26. The molecule has 1 atom stereocenters. The van der Waals surface area contributed by atoms with Crippen molar-refractivity contribution >= 4 is 11.4 Å². The average molecular weight is 282 g/mol. The fraction of sp³-hybridized carbons (Fsp3) is 0.294. The molecule has 3 rings (SSSR count). The lowest BCUT2D eigenvalue weighted by Gasteiger charge is -2.16. The Morgan fingerprint density at radius 3 is 2.86 bits per heavy atom. The molecule has 1 unspecified atom stereocenters. The highest BCUT2D eigenvalue weighted by molar-refractivity contribution is 5.57. The minimum atomic E-state index is -0.299. The molecule has 2 aromatic rings. The molecule has 2 aromatic carbocycles. The van der Waals surface area contributed by atoms with Gasteiger partial charge < -0.3 is 5.32 Å². The molecule has 0 saturated heterocycles. The summed E-state index contributed by atoms with van der Waals surface area (Å²) in [6.45, 7) is 1.93. The highest BCUT2D eigenvalue weighted by Crippen LogP contribution is 2.34. The average Bonchev–Trinajstić information content (AvgIpc) is 2.90. The normalized spacial score (nSPS) is 16.5. The van der Waals surface area contributed by atoms with E-state index in [1.165, 1.54) is 11.1 Å². The van der Waals surface area contributed by atoms with Crippen LogP contribution in [0.15, 0.2) is 42.5 Å². The second-order valence-corrected chi connectivity index (χ2v) is 5.39. The van der Waals surface area contributed by atoms with Crippen molar-refractivity contribution in [3.63, 3.8) is 0 Å². The summed E-state index contributed by atoms with van der Waals surface area (Å²) in [6, 6.07) is 14.1. The fourth-order valence-corrected chi connectivity index (χ4v) is 3.03. The lowest BCUT2D eigenvalue weighted by Crippen LogP contribution is -2.07. The number of hydrogen-bond donors (Lipinski definition) is 1. The van der Waals surface area contributed by atoms with E-state index in [0.29, 0.717) is 6.42 Å². The van der Waals surface area contributed by atoms with Crippen LogP contribution in [0.5, 0.6) is 0 Å². The van der Waals surface area contributed by atoms with E-state index in [0.717, 1.165) is 24.1 Å². The van der Waals surface area contributed by atoms with Crippen LogP contribution in [-0.4, -0.2) is 4.92 Å². The molecular weight excluding hydrogens is 264 g/mol. The number of nitrogens with zero attached hydrogens (tertiary/aromatic N) is 1. The van der Waals surface area contributed by atoms with Crippen molar-refractivity contribution in [1.29, 1.82) is 0 Å². The monoisotopic (exact) mass is 282 g/mol. The molecule has 4 heteroatoms. The molecule has 1 N–H and O–H groups in total. The van der Waals surface area contributed by atoms with Crippen molar-refractivity contribution in [2.45, 2.75) is 32.2 Å². The fourth-order valence-electron chi connectivity index (χ4n) is 3.03. The summed E-state index contributed by atoms with van der Waals surface area (Å²) in [5, 5.41) is 14.6. The molecule has 0 heterocycles. The molecule has 21 heavy (non-hydrogen) atoms. The van der Waals surface area contributed by atoms with Gasteiger partial charge in [-0.1, -0.05) is 37.3 Å². The van der Waals surface area contributed by atoms with Crippen LogP contribution in [0, 0.1) is 10.1 Å². The van der Waals surface area contributed by atoms with Gasteiger partial charge in [0.25, 0.3) is 5.69 Å². The first-order valence-electron chi connectivity index (χ1n) is 7.30. The number of hydrogen-bond acceptors (Lipinski definition) is 3. The molecule has 0 aromatic heterocycles. The molecule has 1 aliphatic rings. The molecule has 0 saturated carbocycles. The molecule has 0 radical (unpaired) electrons. The molecule has 0 amide bonds. The number of nitro groups is 1. The number of benzene rings is 2. The van der Waals surface area contributed by atoms with Crippen LogP contribution in [0.4, 0.5) is 11.4 Å². The molecular formula is C17H18N2O2. The standard InChI is InChI=1S/C17H18N2O2/c1-2-12-7-9-14(11-17(12)19(20)21)18-16-10-8-13-5-3-4-6-15(13)16/h3-7,9,11,16,18H,2,8,10H2,1H3. The van der Waals surface area contributed by atoms with Gasteiger partial charge in [0.2, 0.25) is 0 Å². The number of anilines is 1. The maximum Gasteiger partial charge on any atom is 0.274 e. The zero-order valence-electron chi connectivity index (χ0n) is 12.0. The number of nitro benzene ring substituents is 1. The predicted molar refractivity (Wildman–Crippen MR) is 83.6 cm³/mol. The Balaban J connectivity index is 1.86. The molecule has 0 bridgehead atoms. The molecule has 108 valence electrons. The highest BCUT2D eigenvalue weighted by atomic mass is 16.6. The number of fused-ring (bicyclic) bond motifs is 1. The van der Waals surface area contributed by atoms with Gasteiger partial charge >= 0.3 is 0 Å². The summed E-state index contributed by atoms with van der Waals surface area (Å²) in [4.78, 5) is 10.8. The second-order valence-electron chi connectivity index (χ2n) is 5.39. The topological polar surface area (TPSA) is 55.2 Å². The lowest BCUT2D eigenvalue weighted by atomic mass is 10.1. The maximum atomic E-state index is 11.1. The number of aryl methyl sites for hydroxylation is 2. The van der Waals surface area contributed by atoms with Crippen molar-refractivity contribution in [2.24, 2.45) is 0 Å². The van der Waals surface area contributed by atoms with Gasteiger partial charge in [-0.05, 0) is 36.5 Å². The van der Waals surface area contributed by atoms with Crippen LogP contribution >= 0.6 is 0 Å². The van der Waals surface area contributed by atoms with Gasteiger partial charge in [0, 0.05) is 17.3 Å². The van der Waals surface area contributed by atoms with Crippen LogP contribution in [0.1, 0.15) is 36.1 Å². The highest BCUT2D eigenvalue weighted by Gasteiger charge is 2.22. The van der Waals surface area contributed by atoms with E-state index in [9.17, 15) is 10.1 Å². The van der Waals surface area contributed by atoms with Crippen molar-refractivity contribution in [2.75, 3.05) is 5.32 Å². The van der Waals surface area contributed by atoms with E-state index in [1.807, 2.05) is 25.1 Å². The van der Waals surface area contributed by atoms with Crippen LogP contribution < -0.4 is 5.32 Å². The lowest BCUT2D eigenvalue weighted by molar-refractivity contribution is -0.385. The van der Waals surface area contributed by atoms with Gasteiger partial charge in [-0.2, -0.15) is 0 Å². The van der Waals surface area contributed by atoms with Crippen LogP contribution in [0.25, 0.3) is 0 Å². The largest absolute Gasteiger partial charge is 0.378 e. The summed E-state index contributed by atoms with van der Waals surface area (Å²) >= 11 is 0. The third-order valence-corrected chi connectivity index (χ3v) is 4.14. The first kappa shape index (κ1) is 13.6. The zero-order valence-corrected chi connectivity index (χ0v) is 12.0. The van der Waals surface area contributed by atoms with Crippen LogP contribution in [0.3, 0.4) is 0 Å². The summed E-state index contributed by atoms with van der Waals surface area (Å²) in [7, 11) is 0. The van der Waals surface area contributed by atoms with Crippen LogP contribution in [-0.2, 0) is 12.8 Å². The molecule has 0 spiro atoms. The smallest absolute Gasteiger partial charge is 0.274 e. The van der Waals surface area contributed by atoms with Gasteiger partial charge in [-0.25, -0.2) is 0 Å². The van der Waals surface area contributed by atoms with Crippen molar-refractivity contribution in [3.8, 4) is 0 Å². The summed E-state index contributed by atoms with van der Waals surface area (Å²) in [6.07, 6.45) is 2.76. The Bertz CT molecular complexity index is 682. The van der Waals surface area contributed by atoms with Crippen molar-refractivity contribution in [3.05, 3.63) is 69.3 Å². The Morgan fingerprint density at radius 2 is 2.10 bits per heavy atom. The van der Waals surface area contributed by atoms with E-state index in [2.05, 4.69) is 23.5 Å². The van der Waals surface area contributed by atoms with Gasteiger partial charge in [0.05, 0.1) is 11.0 Å². The van der Waals surface area contributed by atoms with Gasteiger partial charge in [0.15, 0.2) is 0 Å². The number of nitrogens with one attached hydrogen (secondary N) is 1. The van der Waals surface area contributed by atoms with Gasteiger partial charge in [-0.15, -0.1) is 0 Å². The van der Waals surface area contributed by atoms with E-state index in [4.69, 9.17) is 0 Å². The Hall–Kier alpha value is -2.36.